The number of anilines is 1. The number of rotatable bonds is 4. The Hall–Kier alpha value is -0.430. The van der Waals surface area contributed by atoms with E-state index in [1.165, 1.54) is 0 Å². The van der Waals surface area contributed by atoms with Gasteiger partial charge in [-0.15, -0.1) is 0 Å². The van der Waals surface area contributed by atoms with Crippen molar-refractivity contribution < 1.29 is 10.2 Å². The molecule has 5 nitrogen and oxygen atoms in total. The molecule has 0 aliphatic carbocycles. The number of hydrogen-bond acceptors (Lipinski definition) is 6. The minimum absolute atomic E-state index is 0.211. The Morgan fingerprint density at radius 2 is 2.08 bits per heavy atom. The van der Waals surface area contributed by atoms with Crippen LogP contribution in [-0.2, 0) is 0 Å². The Labute approximate surface area is 84.7 Å². The monoisotopic (exact) mass is 223 g/mol. The Morgan fingerprint density at radius 3 is 2.46 bits per heavy atom. The smallest absolute Gasteiger partial charge is 0.186 e. The van der Waals surface area contributed by atoms with Crippen LogP contribution in [0.4, 0.5) is 5.82 Å². The molecule has 0 aliphatic rings. The van der Waals surface area contributed by atoms with E-state index < -0.39 is 5.54 Å². The molecule has 0 fully saturated rings. The van der Waals surface area contributed by atoms with Crippen LogP contribution in [0.15, 0.2) is 0 Å². The van der Waals surface area contributed by atoms with Crippen molar-refractivity contribution in [3.63, 3.8) is 0 Å². The number of aromatic nitrogens is 2. The van der Waals surface area contributed by atoms with Crippen molar-refractivity contribution in [2.75, 3.05) is 18.5 Å². The summed E-state index contributed by atoms with van der Waals surface area (Å²) in [4.78, 5) is 0. The zero-order valence-electron chi connectivity index (χ0n) is 6.99. The molecule has 1 aromatic rings. The summed E-state index contributed by atoms with van der Waals surface area (Å²) in [5.41, 5.74) is -0.820. The van der Waals surface area contributed by atoms with Gasteiger partial charge < -0.3 is 15.5 Å². The molecule has 0 spiro atoms. The number of hydrogen-bond donors (Lipinski definition) is 3. The first-order chi connectivity index (χ1) is 6.11. The van der Waals surface area contributed by atoms with Crippen molar-refractivity contribution in [2.24, 2.45) is 0 Å². The van der Waals surface area contributed by atoms with Gasteiger partial charge in [-0.05, 0) is 6.92 Å². The zero-order valence-corrected chi connectivity index (χ0v) is 8.56. The number of nitrogens with one attached hydrogen (secondary N) is 1. The molecule has 7 heteroatoms. The standard InChI is InChI=1S/C6H10ClN3O2S/c1-6(2-11,3-12)8-5-4(7)9-13-10-5/h11-12H,2-3H2,1H3,(H,8,10). The molecule has 3 N–H and O–H groups in total. The van der Waals surface area contributed by atoms with E-state index in [0.29, 0.717) is 5.82 Å². The van der Waals surface area contributed by atoms with Gasteiger partial charge in [0, 0.05) is 0 Å². The first kappa shape index (κ1) is 10.6. The second kappa shape index (κ2) is 4.19. The maximum Gasteiger partial charge on any atom is 0.186 e. The van der Waals surface area contributed by atoms with Gasteiger partial charge in [-0.1, -0.05) is 11.6 Å². The van der Waals surface area contributed by atoms with Crippen LogP contribution in [0.3, 0.4) is 0 Å². The predicted molar refractivity (Wildman–Crippen MR) is 51.1 cm³/mol. The van der Waals surface area contributed by atoms with Gasteiger partial charge in [0.25, 0.3) is 0 Å². The third-order valence-corrected chi connectivity index (χ3v) is 2.46. The fraction of sp³-hybridized carbons (Fsp3) is 0.667. The highest BCUT2D eigenvalue weighted by Gasteiger charge is 2.24. The van der Waals surface area contributed by atoms with E-state index in [9.17, 15) is 0 Å². The van der Waals surface area contributed by atoms with Crippen molar-refractivity contribution in [1.29, 1.82) is 0 Å². The minimum Gasteiger partial charge on any atom is -0.394 e. The maximum absolute atomic E-state index is 8.96. The second-order valence-electron chi connectivity index (χ2n) is 2.91. The average molecular weight is 224 g/mol. The molecule has 1 heterocycles. The summed E-state index contributed by atoms with van der Waals surface area (Å²) < 4.78 is 7.60. The Morgan fingerprint density at radius 1 is 1.46 bits per heavy atom. The predicted octanol–water partition coefficient (Wildman–Crippen LogP) is 0.347. The van der Waals surface area contributed by atoms with E-state index in [4.69, 9.17) is 21.8 Å². The molecule has 13 heavy (non-hydrogen) atoms. The summed E-state index contributed by atoms with van der Waals surface area (Å²) in [5.74, 6) is 0.386. The van der Waals surface area contributed by atoms with Crippen LogP contribution >= 0.6 is 23.3 Å². The molecule has 0 radical (unpaired) electrons. The normalized spacial score (nSPS) is 11.7. The number of aliphatic hydroxyl groups is 2. The number of nitrogens with zero attached hydrogens (tertiary/aromatic N) is 2. The lowest BCUT2D eigenvalue weighted by molar-refractivity contribution is 0.147. The van der Waals surface area contributed by atoms with Crippen molar-refractivity contribution >= 4 is 29.1 Å². The topological polar surface area (TPSA) is 78.3 Å². The van der Waals surface area contributed by atoms with Crippen molar-refractivity contribution in [3.05, 3.63) is 5.15 Å². The van der Waals surface area contributed by atoms with E-state index in [1.54, 1.807) is 6.92 Å². The van der Waals surface area contributed by atoms with Gasteiger partial charge in [0.05, 0.1) is 30.5 Å². The van der Waals surface area contributed by atoms with Gasteiger partial charge in [0.15, 0.2) is 11.0 Å². The molecule has 1 aromatic heterocycles. The third kappa shape index (κ3) is 2.50. The van der Waals surface area contributed by atoms with Crippen molar-refractivity contribution in [3.8, 4) is 0 Å². The fourth-order valence-corrected chi connectivity index (χ4v) is 1.31. The van der Waals surface area contributed by atoms with Gasteiger partial charge in [0.2, 0.25) is 0 Å². The second-order valence-corrected chi connectivity index (χ2v) is 3.79. The molecule has 74 valence electrons. The van der Waals surface area contributed by atoms with Crippen LogP contribution in [-0.4, -0.2) is 37.7 Å². The SMILES string of the molecule is CC(CO)(CO)Nc1nsnc1Cl. The summed E-state index contributed by atoms with van der Waals surface area (Å²) in [6, 6.07) is 0. The van der Waals surface area contributed by atoms with E-state index in [0.717, 1.165) is 11.7 Å². The lowest BCUT2D eigenvalue weighted by atomic mass is 10.1. The first-order valence-electron chi connectivity index (χ1n) is 3.59. The van der Waals surface area contributed by atoms with Crippen LogP contribution in [0.5, 0.6) is 0 Å². The summed E-state index contributed by atoms with van der Waals surface area (Å²) in [6.07, 6.45) is 0. The fourth-order valence-electron chi connectivity index (χ4n) is 0.667. The molecule has 0 aromatic carbocycles. The van der Waals surface area contributed by atoms with E-state index in [2.05, 4.69) is 14.1 Å². The molecule has 0 atom stereocenters. The lowest BCUT2D eigenvalue weighted by Crippen LogP contribution is -2.42. The molecule has 0 aliphatic heterocycles. The Balaban J connectivity index is 2.73. The summed E-state index contributed by atoms with van der Waals surface area (Å²) in [6.45, 7) is 1.23. The van der Waals surface area contributed by atoms with Crippen LogP contribution in [0, 0.1) is 0 Å². The number of halogens is 1. The molecule has 1 rings (SSSR count). The maximum atomic E-state index is 8.96. The van der Waals surface area contributed by atoms with Crippen LogP contribution < -0.4 is 5.32 Å². The van der Waals surface area contributed by atoms with E-state index in [-0.39, 0.29) is 18.4 Å². The molecule has 0 saturated heterocycles. The highest BCUT2D eigenvalue weighted by molar-refractivity contribution is 6.99. The molecular formula is C6H10ClN3O2S. The van der Waals surface area contributed by atoms with Crippen molar-refractivity contribution in [1.82, 2.24) is 8.75 Å². The van der Waals surface area contributed by atoms with Gasteiger partial charge in [-0.2, -0.15) is 8.75 Å². The Bertz CT molecular complexity index is 277. The van der Waals surface area contributed by atoms with Gasteiger partial charge in [-0.25, -0.2) is 0 Å². The van der Waals surface area contributed by atoms with Crippen LogP contribution in [0.2, 0.25) is 5.15 Å². The summed E-state index contributed by atoms with van der Waals surface area (Å²) in [7, 11) is 0. The molecule has 0 unspecified atom stereocenters. The molecule has 0 amide bonds. The van der Waals surface area contributed by atoms with E-state index >= 15 is 0 Å². The van der Waals surface area contributed by atoms with Gasteiger partial charge in [-0.3, -0.25) is 0 Å². The minimum atomic E-state index is -0.820. The number of aliphatic hydroxyl groups excluding tert-OH is 2. The zero-order chi connectivity index (χ0) is 9.90. The van der Waals surface area contributed by atoms with E-state index in [1.807, 2.05) is 0 Å². The first-order valence-corrected chi connectivity index (χ1v) is 4.70. The lowest BCUT2D eigenvalue weighted by Gasteiger charge is -2.25. The van der Waals surface area contributed by atoms with Gasteiger partial charge >= 0.3 is 0 Å². The largest absolute Gasteiger partial charge is 0.394 e. The molecular weight excluding hydrogens is 214 g/mol. The Kier molecular flexibility index (Phi) is 3.43. The summed E-state index contributed by atoms with van der Waals surface area (Å²) >= 11 is 6.64. The quantitative estimate of drug-likeness (QED) is 0.687. The highest BCUT2D eigenvalue weighted by atomic mass is 35.5. The summed E-state index contributed by atoms with van der Waals surface area (Å²) in [5, 5.41) is 21.0. The highest BCUT2D eigenvalue weighted by Crippen LogP contribution is 2.21. The van der Waals surface area contributed by atoms with Crippen LogP contribution in [0.25, 0.3) is 0 Å². The van der Waals surface area contributed by atoms with Gasteiger partial charge in [0.1, 0.15) is 0 Å². The third-order valence-electron chi connectivity index (χ3n) is 1.57. The molecule has 0 bridgehead atoms. The molecule has 0 saturated carbocycles. The average Bonchev–Trinajstić information content (AvgIpc) is 2.52. The van der Waals surface area contributed by atoms with Crippen molar-refractivity contribution in [2.45, 2.75) is 12.5 Å². The van der Waals surface area contributed by atoms with Crippen LogP contribution in [0.1, 0.15) is 6.92 Å².